The number of carbonyl (C=O) groups is 1. The summed E-state index contributed by atoms with van der Waals surface area (Å²) in [6.07, 6.45) is 1.40. The van der Waals surface area contributed by atoms with Crippen molar-refractivity contribution in [2.75, 3.05) is 4.90 Å². The SMILES string of the molecule is CC(C)N(Cc1cccs1)c1ccc(C(=O)O)cn1. The van der Waals surface area contributed by atoms with Crippen molar-refractivity contribution >= 4 is 23.1 Å². The molecule has 19 heavy (non-hydrogen) atoms. The van der Waals surface area contributed by atoms with E-state index in [1.807, 2.05) is 6.07 Å². The molecule has 0 amide bonds. The molecule has 0 spiro atoms. The highest BCUT2D eigenvalue weighted by Crippen LogP contribution is 2.20. The normalized spacial score (nSPS) is 10.7. The minimum atomic E-state index is -0.951. The van der Waals surface area contributed by atoms with Gasteiger partial charge in [0, 0.05) is 17.1 Å². The van der Waals surface area contributed by atoms with Crippen LogP contribution < -0.4 is 4.90 Å². The second-order valence-electron chi connectivity index (χ2n) is 4.51. The molecule has 0 saturated carbocycles. The van der Waals surface area contributed by atoms with Crippen LogP contribution in [0.15, 0.2) is 35.8 Å². The van der Waals surface area contributed by atoms with Crippen LogP contribution in [0, 0.1) is 0 Å². The largest absolute Gasteiger partial charge is 0.478 e. The maximum absolute atomic E-state index is 10.8. The highest BCUT2D eigenvalue weighted by molar-refractivity contribution is 7.09. The maximum atomic E-state index is 10.8. The summed E-state index contributed by atoms with van der Waals surface area (Å²) in [6.45, 7) is 4.98. The molecule has 0 aliphatic heterocycles. The fourth-order valence-corrected chi connectivity index (χ4v) is 2.48. The predicted octanol–water partition coefficient (Wildman–Crippen LogP) is 3.26. The first kappa shape index (κ1) is 13.5. The van der Waals surface area contributed by atoms with E-state index in [4.69, 9.17) is 5.11 Å². The van der Waals surface area contributed by atoms with Gasteiger partial charge in [-0.25, -0.2) is 9.78 Å². The molecular weight excluding hydrogens is 260 g/mol. The number of pyridine rings is 1. The molecule has 0 aliphatic rings. The van der Waals surface area contributed by atoms with Crippen LogP contribution in [0.1, 0.15) is 29.1 Å². The second kappa shape index (κ2) is 5.84. The molecule has 0 bridgehead atoms. The van der Waals surface area contributed by atoms with E-state index in [0.29, 0.717) is 6.04 Å². The summed E-state index contributed by atoms with van der Waals surface area (Å²) >= 11 is 1.71. The average molecular weight is 276 g/mol. The van der Waals surface area contributed by atoms with Gasteiger partial charge in [0.15, 0.2) is 0 Å². The number of anilines is 1. The van der Waals surface area contributed by atoms with Crippen molar-refractivity contribution in [3.8, 4) is 0 Å². The van der Waals surface area contributed by atoms with Crippen LogP contribution in [0.25, 0.3) is 0 Å². The molecule has 0 aromatic carbocycles. The van der Waals surface area contributed by atoms with Gasteiger partial charge in [-0.2, -0.15) is 0 Å². The Balaban J connectivity index is 2.21. The van der Waals surface area contributed by atoms with Crippen molar-refractivity contribution in [2.45, 2.75) is 26.4 Å². The summed E-state index contributed by atoms with van der Waals surface area (Å²) in [5, 5.41) is 10.9. The third-order valence-corrected chi connectivity index (χ3v) is 3.68. The molecule has 0 unspecified atom stereocenters. The van der Waals surface area contributed by atoms with Crippen LogP contribution in [0.3, 0.4) is 0 Å². The van der Waals surface area contributed by atoms with E-state index in [1.54, 1.807) is 23.5 Å². The first-order valence-corrected chi connectivity index (χ1v) is 6.94. The first-order valence-electron chi connectivity index (χ1n) is 6.06. The third-order valence-electron chi connectivity index (χ3n) is 2.82. The van der Waals surface area contributed by atoms with Crippen LogP contribution in [0.4, 0.5) is 5.82 Å². The van der Waals surface area contributed by atoms with E-state index in [1.165, 1.54) is 11.1 Å². The minimum absolute atomic E-state index is 0.212. The van der Waals surface area contributed by atoms with E-state index < -0.39 is 5.97 Å². The van der Waals surface area contributed by atoms with Crippen molar-refractivity contribution in [1.82, 2.24) is 4.98 Å². The summed E-state index contributed by atoms with van der Waals surface area (Å²) in [5.74, 6) is -0.151. The van der Waals surface area contributed by atoms with Crippen LogP contribution in [-0.4, -0.2) is 22.1 Å². The molecule has 0 saturated heterocycles. The second-order valence-corrected chi connectivity index (χ2v) is 5.54. The van der Waals surface area contributed by atoms with Gasteiger partial charge in [-0.3, -0.25) is 0 Å². The number of thiophene rings is 1. The molecular formula is C14H16N2O2S. The number of carboxylic acids is 1. The lowest BCUT2D eigenvalue weighted by atomic mass is 10.2. The van der Waals surface area contributed by atoms with Crippen molar-refractivity contribution in [3.63, 3.8) is 0 Å². The number of rotatable bonds is 5. The molecule has 0 fully saturated rings. The molecule has 100 valence electrons. The van der Waals surface area contributed by atoms with E-state index in [9.17, 15) is 4.79 Å². The summed E-state index contributed by atoms with van der Waals surface area (Å²) in [6, 6.07) is 7.77. The molecule has 2 rings (SSSR count). The summed E-state index contributed by atoms with van der Waals surface area (Å²) in [4.78, 5) is 18.5. The summed E-state index contributed by atoms with van der Waals surface area (Å²) < 4.78 is 0. The molecule has 4 nitrogen and oxygen atoms in total. The molecule has 0 atom stereocenters. The van der Waals surface area contributed by atoms with Gasteiger partial charge < -0.3 is 10.0 Å². The van der Waals surface area contributed by atoms with E-state index in [0.717, 1.165) is 12.4 Å². The minimum Gasteiger partial charge on any atom is -0.478 e. The standard InChI is InChI=1S/C14H16N2O2S/c1-10(2)16(9-12-4-3-7-19-12)13-6-5-11(8-15-13)14(17)18/h3-8,10H,9H2,1-2H3,(H,17,18). The van der Waals surface area contributed by atoms with Gasteiger partial charge in [-0.1, -0.05) is 6.07 Å². The summed E-state index contributed by atoms with van der Waals surface area (Å²) in [7, 11) is 0. The Labute approximate surface area is 116 Å². The van der Waals surface area contributed by atoms with Crippen LogP contribution >= 0.6 is 11.3 Å². The Bertz CT molecular complexity index is 535. The van der Waals surface area contributed by atoms with Crippen molar-refractivity contribution < 1.29 is 9.90 Å². The number of nitrogens with zero attached hydrogens (tertiary/aromatic N) is 2. The monoisotopic (exact) mass is 276 g/mol. The van der Waals surface area contributed by atoms with Gasteiger partial charge in [0.25, 0.3) is 0 Å². The van der Waals surface area contributed by atoms with Gasteiger partial charge >= 0.3 is 5.97 Å². The molecule has 1 N–H and O–H groups in total. The Morgan fingerprint density at radius 2 is 2.21 bits per heavy atom. The van der Waals surface area contributed by atoms with Gasteiger partial charge in [0.2, 0.25) is 0 Å². The van der Waals surface area contributed by atoms with Gasteiger partial charge in [-0.05, 0) is 37.4 Å². The maximum Gasteiger partial charge on any atom is 0.337 e. The van der Waals surface area contributed by atoms with Gasteiger partial charge in [0.05, 0.1) is 12.1 Å². The molecule has 2 heterocycles. The zero-order chi connectivity index (χ0) is 13.8. The van der Waals surface area contributed by atoms with E-state index in [-0.39, 0.29) is 5.56 Å². The van der Waals surface area contributed by atoms with E-state index >= 15 is 0 Å². The fraction of sp³-hybridized carbons (Fsp3) is 0.286. The number of aromatic nitrogens is 1. The van der Waals surface area contributed by atoms with E-state index in [2.05, 4.69) is 35.2 Å². The highest BCUT2D eigenvalue weighted by Gasteiger charge is 2.14. The number of aromatic carboxylic acids is 1. The fourth-order valence-electron chi connectivity index (χ4n) is 1.78. The lowest BCUT2D eigenvalue weighted by molar-refractivity contribution is 0.0696. The predicted molar refractivity (Wildman–Crippen MR) is 76.8 cm³/mol. The molecule has 0 radical (unpaired) electrons. The van der Waals surface area contributed by atoms with Crippen molar-refractivity contribution in [3.05, 3.63) is 46.3 Å². The van der Waals surface area contributed by atoms with Gasteiger partial charge in [-0.15, -0.1) is 11.3 Å². The quantitative estimate of drug-likeness (QED) is 0.910. The number of hydrogen-bond acceptors (Lipinski definition) is 4. The number of carboxylic acid groups (broad SMARTS) is 1. The lowest BCUT2D eigenvalue weighted by Crippen LogP contribution is -2.30. The van der Waals surface area contributed by atoms with Crippen LogP contribution in [-0.2, 0) is 6.54 Å². The van der Waals surface area contributed by atoms with Crippen LogP contribution in [0.2, 0.25) is 0 Å². The Morgan fingerprint density at radius 1 is 1.42 bits per heavy atom. The number of hydrogen-bond donors (Lipinski definition) is 1. The first-order chi connectivity index (χ1) is 9.08. The molecule has 5 heteroatoms. The highest BCUT2D eigenvalue weighted by atomic mass is 32.1. The van der Waals surface area contributed by atoms with Crippen LogP contribution in [0.5, 0.6) is 0 Å². The molecule has 0 aliphatic carbocycles. The molecule has 2 aromatic rings. The van der Waals surface area contributed by atoms with Gasteiger partial charge in [0.1, 0.15) is 5.82 Å². The topological polar surface area (TPSA) is 53.4 Å². The zero-order valence-corrected chi connectivity index (χ0v) is 11.7. The van der Waals surface area contributed by atoms with Crippen molar-refractivity contribution in [1.29, 1.82) is 0 Å². The average Bonchev–Trinajstić information content (AvgIpc) is 2.88. The smallest absolute Gasteiger partial charge is 0.337 e. The third kappa shape index (κ3) is 3.32. The zero-order valence-electron chi connectivity index (χ0n) is 10.9. The Hall–Kier alpha value is -1.88. The molecule has 2 aromatic heterocycles. The Morgan fingerprint density at radius 3 is 2.68 bits per heavy atom. The summed E-state index contributed by atoms with van der Waals surface area (Å²) in [5.41, 5.74) is 0.212. The lowest BCUT2D eigenvalue weighted by Gasteiger charge is -2.27. The van der Waals surface area contributed by atoms with Crippen molar-refractivity contribution in [2.24, 2.45) is 0 Å². The Kier molecular flexibility index (Phi) is 4.16.